The maximum Gasteiger partial charge on any atom is 1.00 e. The third kappa shape index (κ3) is 6.24. The standard InChI is InChI=1S/C27H29N9O7S2.Na/c1-27(2,25(41)42)43-32-20(19-7-29-26(28)45-19)18(39)6-15-23(40)35-21(22-30-33-34-31-22)14(11-44-24(15)35)10-36(3)8-12-4-16(37)17(38)5-13(12)9-36;/h4-5,7,15,24H,6,8-11H2,1-3H3,(H5-,28,29,30,31,32,33,34,37,38,39,41,42);/q;+1/p-1/t15-,24-;/m1./s1. The van der Waals surface area contributed by atoms with E-state index in [9.17, 15) is 29.7 Å². The molecular formula is C27H28N9NaO7S2. The summed E-state index contributed by atoms with van der Waals surface area (Å²) in [6.07, 6.45) is 1.11. The van der Waals surface area contributed by atoms with Gasteiger partial charge in [0.05, 0.1) is 40.7 Å². The molecule has 3 aliphatic rings. The minimum Gasteiger partial charge on any atom is -0.546 e. The predicted octanol–water partition coefficient (Wildman–Crippen LogP) is -3.41. The number of oxime groups is 1. The maximum atomic E-state index is 13.7. The van der Waals surface area contributed by atoms with Gasteiger partial charge < -0.3 is 40.3 Å². The first-order valence-corrected chi connectivity index (χ1v) is 15.6. The second kappa shape index (κ2) is 12.6. The number of ketones is 1. The van der Waals surface area contributed by atoms with Crippen molar-refractivity contribution in [3.05, 3.63) is 45.7 Å². The molecule has 0 saturated carbocycles. The molecule has 16 nitrogen and oxygen atoms in total. The van der Waals surface area contributed by atoms with E-state index >= 15 is 0 Å². The van der Waals surface area contributed by atoms with E-state index in [1.165, 1.54) is 31.8 Å². The van der Waals surface area contributed by atoms with Crippen molar-refractivity contribution in [2.75, 3.05) is 25.1 Å². The zero-order valence-electron chi connectivity index (χ0n) is 25.3. The number of carboxylic acid groups (broad SMARTS) is 1. The van der Waals surface area contributed by atoms with Crippen LogP contribution in [0.1, 0.15) is 42.1 Å². The molecule has 2 atom stereocenters. The van der Waals surface area contributed by atoms with Gasteiger partial charge in [0.1, 0.15) is 19.6 Å². The van der Waals surface area contributed by atoms with Crippen LogP contribution in [0.2, 0.25) is 0 Å². The second-order valence-electron chi connectivity index (χ2n) is 11.9. The number of nitrogens with two attached hydrogens (primary N) is 1. The van der Waals surface area contributed by atoms with Crippen molar-refractivity contribution < 1.29 is 68.6 Å². The van der Waals surface area contributed by atoms with Gasteiger partial charge in [0.15, 0.2) is 33.7 Å². The number of thiazole rings is 1. The molecule has 6 rings (SSSR count). The Kier molecular flexibility index (Phi) is 9.24. The monoisotopic (exact) mass is 677 g/mol. The Morgan fingerprint density at radius 1 is 1.26 bits per heavy atom. The molecule has 236 valence electrons. The van der Waals surface area contributed by atoms with E-state index in [0.29, 0.717) is 35.6 Å². The first-order valence-electron chi connectivity index (χ1n) is 13.7. The Morgan fingerprint density at radius 3 is 2.50 bits per heavy atom. The number of carbonyl (C=O) groups excluding carboxylic acids is 3. The summed E-state index contributed by atoms with van der Waals surface area (Å²) in [5.74, 6) is -2.74. The van der Waals surface area contributed by atoms with Crippen LogP contribution < -0.4 is 45.5 Å². The number of thioether (sulfide) groups is 1. The summed E-state index contributed by atoms with van der Waals surface area (Å²) in [5.41, 5.74) is 6.99. The molecule has 5 heterocycles. The van der Waals surface area contributed by atoms with Gasteiger partial charge in [-0.25, -0.2) is 4.98 Å². The van der Waals surface area contributed by atoms with Crippen LogP contribution in [0.25, 0.3) is 5.70 Å². The molecule has 4 N–H and O–H groups in total. The molecule has 2 aromatic heterocycles. The van der Waals surface area contributed by atoms with Crippen LogP contribution in [0.3, 0.4) is 0 Å². The molecular weight excluding hydrogens is 649 g/mol. The van der Waals surface area contributed by atoms with Crippen molar-refractivity contribution in [1.82, 2.24) is 30.5 Å². The number of hydrogen-bond donors (Lipinski definition) is 3. The molecule has 1 amide bonds. The van der Waals surface area contributed by atoms with E-state index in [4.69, 9.17) is 10.6 Å². The Bertz CT molecular complexity index is 1750. The summed E-state index contributed by atoms with van der Waals surface area (Å²) >= 11 is 2.48. The van der Waals surface area contributed by atoms with Gasteiger partial charge in [-0.05, 0) is 26.0 Å². The number of hydrogen-bond acceptors (Lipinski definition) is 15. The van der Waals surface area contributed by atoms with Crippen LogP contribution in [0.15, 0.2) is 29.1 Å². The quantitative estimate of drug-likeness (QED) is 0.0474. The van der Waals surface area contributed by atoms with E-state index in [-0.39, 0.29) is 74.9 Å². The van der Waals surface area contributed by atoms with Crippen LogP contribution >= 0.6 is 23.1 Å². The van der Waals surface area contributed by atoms with Gasteiger partial charge in [-0.3, -0.25) is 24.8 Å². The normalized spacial score (nSPS) is 20.5. The first kappa shape index (κ1) is 33.8. The number of tetrazole rings is 1. The fraction of sp³-hybridized carbons (Fsp3) is 0.407. The molecule has 19 heteroatoms. The number of aliphatic carboxylic acids is 1. The molecule has 1 fully saturated rings. The number of rotatable bonds is 10. The zero-order chi connectivity index (χ0) is 32.3. The molecule has 0 spiro atoms. The second-order valence-corrected chi connectivity index (χ2v) is 14.1. The van der Waals surface area contributed by atoms with Gasteiger partial charge in [-0.2, -0.15) is 5.21 Å². The van der Waals surface area contributed by atoms with Crippen LogP contribution in [0.5, 0.6) is 11.5 Å². The van der Waals surface area contributed by atoms with Crippen molar-refractivity contribution in [2.45, 2.75) is 44.3 Å². The van der Waals surface area contributed by atoms with Gasteiger partial charge in [0.25, 0.3) is 0 Å². The van der Waals surface area contributed by atoms with Gasteiger partial charge in [0, 0.05) is 35.1 Å². The molecule has 0 radical (unpaired) electrons. The number of carboxylic acids is 1. The predicted molar refractivity (Wildman–Crippen MR) is 158 cm³/mol. The number of likely N-dealkylation sites (N-methyl/N-ethyl adjacent to an activating group) is 1. The molecule has 0 bridgehead atoms. The number of quaternary nitrogens is 1. The molecule has 3 aromatic rings. The van der Waals surface area contributed by atoms with Crippen molar-refractivity contribution >= 4 is 57.3 Å². The number of β-lactam (4-membered cyclic amide) rings is 1. The number of fused-ring (bicyclic) bond motifs is 2. The van der Waals surface area contributed by atoms with Crippen LogP contribution in [0.4, 0.5) is 5.13 Å². The summed E-state index contributed by atoms with van der Waals surface area (Å²) in [6, 6.07) is 3.15. The number of benzene rings is 1. The molecule has 1 aromatic carbocycles. The number of aromatic hydroxyl groups is 2. The van der Waals surface area contributed by atoms with Gasteiger partial charge in [-0.1, -0.05) is 16.5 Å². The Hall–Kier alpha value is -3.55. The van der Waals surface area contributed by atoms with Crippen molar-refractivity contribution in [3.63, 3.8) is 0 Å². The largest absolute Gasteiger partial charge is 1.00 e. The van der Waals surface area contributed by atoms with Crippen LogP contribution in [-0.2, 0) is 32.3 Å². The average molecular weight is 678 g/mol. The van der Waals surface area contributed by atoms with Crippen molar-refractivity contribution in [1.29, 1.82) is 0 Å². The third-order valence-corrected chi connectivity index (χ3v) is 10.2. The summed E-state index contributed by atoms with van der Waals surface area (Å²) in [6.45, 7) is 4.18. The van der Waals surface area contributed by atoms with Crippen molar-refractivity contribution in [2.24, 2.45) is 11.1 Å². The maximum absolute atomic E-state index is 13.7. The number of nitrogen functional groups attached to an aromatic ring is 1. The number of nitrogens with zero attached hydrogens (tertiary/aromatic N) is 8. The number of phenolic OH excluding ortho intramolecular Hbond substituents is 2. The fourth-order valence-corrected chi connectivity index (χ4v) is 7.81. The summed E-state index contributed by atoms with van der Waals surface area (Å²) in [5, 5.41) is 50.4. The fourth-order valence-electron chi connectivity index (χ4n) is 5.72. The number of carbonyl (C=O) groups is 3. The van der Waals surface area contributed by atoms with Gasteiger partial charge in [-0.15, -0.1) is 11.8 Å². The SMILES string of the molecule is CC(C)(O/N=C(\C(=O)C[C@@H]1C(=O)N2C(c3nnn[n-]3)=C(C[N+]3(C)Cc4cc(O)c(O)cc4C3)CS[C@H]12)c1cnc(N)s1)C(=O)[O-].[Na+]. The van der Waals surface area contributed by atoms with Gasteiger partial charge in [0.2, 0.25) is 5.91 Å². The van der Waals surface area contributed by atoms with Crippen LogP contribution in [0, 0.1) is 5.92 Å². The number of phenols is 2. The van der Waals surface area contributed by atoms with Crippen LogP contribution in [-0.4, -0.2) is 93.8 Å². The zero-order valence-corrected chi connectivity index (χ0v) is 29.0. The summed E-state index contributed by atoms with van der Waals surface area (Å²) in [4.78, 5) is 49.6. The van der Waals surface area contributed by atoms with E-state index < -0.39 is 28.6 Å². The van der Waals surface area contributed by atoms with E-state index in [1.54, 1.807) is 17.0 Å². The summed E-state index contributed by atoms with van der Waals surface area (Å²) < 4.78 is 0.522. The molecule has 46 heavy (non-hydrogen) atoms. The van der Waals surface area contributed by atoms with Gasteiger partial charge >= 0.3 is 29.6 Å². The van der Waals surface area contributed by atoms with Crippen molar-refractivity contribution in [3.8, 4) is 11.5 Å². The number of aromatic nitrogens is 5. The number of anilines is 1. The number of Topliss-reactive ketones (excluding diaryl/α,β-unsaturated/α-hetero) is 1. The molecule has 1 saturated heterocycles. The van der Waals surface area contributed by atoms with E-state index in [1.807, 2.05) is 7.05 Å². The van der Waals surface area contributed by atoms with E-state index in [0.717, 1.165) is 28.0 Å². The smallest absolute Gasteiger partial charge is 0.546 e. The Balaban J connectivity index is 0.00000417. The molecule has 0 unspecified atom stereocenters. The topological polar surface area (TPSA) is 231 Å². The molecule has 0 aliphatic carbocycles. The molecule has 3 aliphatic heterocycles. The third-order valence-electron chi connectivity index (χ3n) is 7.94. The summed E-state index contributed by atoms with van der Waals surface area (Å²) in [7, 11) is 2.05. The minimum absolute atomic E-state index is 0. The Morgan fingerprint density at radius 2 is 1.93 bits per heavy atom. The first-order chi connectivity index (χ1) is 21.3. The Labute approximate surface area is 292 Å². The average Bonchev–Trinajstić information content (AvgIpc) is 3.72. The van der Waals surface area contributed by atoms with E-state index in [2.05, 4.69) is 30.8 Å². The number of amides is 1. The minimum atomic E-state index is -1.82.